The fourth-order valence-electron chi connectivity index (χ4n) is 6.04. The van der Waals surface area contributed by atoms with E-state index in [0.717, 1.165) is 14.6 Å². The topological polar surface area (TPSA) is 9.86 Å². The molecule has 0 radical (unpaired) electrons. The Morgan fingerprint density at radius 1 is 0.500 bits per heavy atom. The Labute approximate surface area is 225 Å². The lowest BCUT2D eigenvalue weighted by Gasteiger charge is -2.20. The zero-order valence-corrected chi connectivity index (χ0v) is 22.5. The smallest absolute Gasteiger partial charge is 0.0641 e. The summed E-state index contributed by atoms with van der Waals surface area (Å²) in [5, 5.41) is 5.11. The van der Waals surface area contributed by atoms with Crippen molar-refractivity contribution in [1.82, 2.24) is 9.13 Å². The fraction of sp³-hybridized carbons (Fsp3) is 0.0625. The van der Waals surface area contributed by atoms with Gasteiger partial charge in [0.05, 0.1) is 22.1 Å². The Morgan fingerprint density at radius 3 is 1.92 bits per heavy atom. The number of halogens is 2. The van der Waals surface area contributed by atoms with Crippen molar-refractivity contribution in [2.45, 2.75) is 12.8 Å². The Balaban J connectivity index is 1.60. The first-order valence-electron chi connectivity index (χ1n) is 12.2. The van der Waals surface area contributed by atoms with Crippen LogP contribution in [-0.4, -0.2) is 9.13 Å². The maximum Gasteiger partial charge on any atom is 0.0641 e. The van der Waals surface area contributed by atoms with Crippen molar-refractivity contribution >= 4 is 75.5 Å². The third-order valence-corrected chi connectivity index (χ3v) is 8.60. The van der Waals surface area contributed by atoms with Crippen LogP contribution in [0.1, 0.15) is 11.1 Å². The van der Waals surface area contributed by atoms with Crippen molar-refractivity contribution in [3.63, 3.8) is 0 Å². The van der Waals surface area contributed by atoms with Gasteiger partial charge in [0.25, 0.3) is 0 Å². The molecule has 0 saturated carbocycles. The number of nitrogens with zero attached hydrogens (tertiary/aromatic N) is 2. The SMILES string of the molecule is Brc1cc(Br)cc(-n2c3ccccc3c3ccc4c(c5ccccc5n4-c4ccc5c(c4)CC5)c32)c1. The van der Waals surface area contributed by atoms with E-state index in [-0.39, 0.29) is 0 Å². The van der Waals surface area contributed by atoms with Crippen molar-refractivity contribution in [2.75, 3.05) is 0 Å². The average Bonchev–Trinajstić information content (AvgIpc) is 3.37. The summed E-state index contributed by atoms with van der Waals surface area (Å²) in [7, 11) is 0. The summed E-state index contributed by atoms with van der Waals surface area (Å²) in [6.07, 6.45) is 2.38. The molecule has 2 aromatic heterocycles. The first-order valence-corrected chi connectivity index (χ1v) is 13.8. The molecule has 5 aromatic carbocycles. The lowest BCUT2D eigenvalue weighted by molar-refractivity contribution is 0.836. The summed E-state index contributed by atoms with van der Waals surface area (Å²) in [5.74, 6) is 0. The van der Waals surface area contributed by atoms with Gasteiger partial charge in [0.2, 0.25) is 0 Å². The van der Waals surface area contributed by atoms with Crippen molar-refractivity contribution in [3.8, 4) is 11.4 Å². The zero-order chi connectivity index (χ0) is 24.0. The van der Waals surface area contributed by atoms with Gasteiger partial charge in [-0.3, -0.25) is 0 Å². The molecule has 36 heavy (non-hydrogen) atoms. The Morgan fingerprint density at radius 2 is 1.19 bits per heavy atom. The highest BCUT2D eigenvalue weighted by Crippen LogP contribution is 2.42. The molecule has 7 aromatic rings. The van der Waals surface area contributed by atoms with Gasteiger partial charge in [-0.25, -0.2) is 0 Å². The van der Waals surface area contributed by atoms with E-state index in [0.29, 0.717) is 0 Å². The number of rotatable bonds is 2. The molecule has 0 saturated heterocycles. The van der Waals surface area contributed by atoms with Crippen LogP contribution < -0.4 is 0 Å². The molecule has 0 amide bonds. The minimum Gasteiger partial charge on any atom is -0.309 e. The number of aromatic nitrogens is 2. The van der Waals surface area contributed by atoms with E-state index in [4.69, 9.17) is 0 Å². The number of fused-ring (bicyclic) bond motifs is 8. The number of hydrogen-bond acceptors (Lipinski definition) is 0. The molecule has 172 valence electrons. The largest absolute Gasteiger partial charge is 0.309 e. The molecule has 4 heteroatoms. The number of aryl methyl sites for hydroxylation is 2. The highest BCUT2D eigenvalue weighted by atomic mass is 79.9. The lowest BCUT2D eigenvalue weighted by atomic mass is 9.88. The normalized spacial score (nSPS) is 13.1. The average molecular weight is 592 g/mol. The van der Waals surface area contributed by atoms with Gasteiger partial charge in [-0.1, -0.05) is 80.4 Å². The van der Waals surface area contributed by atoms with E-state index >= 15 is 0 Å². The van der Waals surface area contributed by atoms with Gasteiger partial charge < -0.3 is 9.13 Å². The van der Waals surface area contributed by atoms with E-state index < -0.39 is 0 Å². The monoisotopic (exact) mass is 590 g/mol. The molecular formula is C32H20Br2N2. The number of hydrogen-bond donors (Lipinski definition) is 0. The van der Waals surface area contributed by atoms with Crippen LogP contribution in [0.3, 0.4) is 0 Å². The lowest BCUT2D eigenvalue weighted by Crippen LogP contribution is -2.09. The molecule has 1 aliphatic rings. The van der Waals surface area contributed by atoms with E-state index in [1.807, 2.05) is 0 Å². The second kappa shape index (κ2) is 7.58. The maximum absolute atomic E-state index is 3.72. The third kappa shape index (κ3) is 2.83. The van der Waals surface area contributed by atoms with Crippen molar-refractivity contribution in [1.29, 1.82) is 0 Å². The molecule has 2 nitrogen and oxygen atoms in total. The summed E-state index contributed by atoms with van der Waals surface area (Å²) in [6.45, 7) is 0. The minimum absolute atomic E-state index is 1.05. The molecule has 0 fully saturated rings. The summed E-state index contributed by atoms with van der Waals surface area (Å²) in [6, 6.07) is 35.7. The standard InChI is InChI=1S/C32H20Br2N2/c33-21-16-22(34)18-24(17-21)36-28-7-3-1-5-25(28)26-13-14-30-31(32(26)36)27-6-2-4-8-29(27)35(30)23-12-11-19-9-10-20(19)15-23/h1-8,11-18H,9-10H2. The molecule has 2 heterocycles. The first-order chi connectivity index (χ1) is 17.7. The molecular weight excluding hydrogens is 572 g/mol. The zero-order valence-electron chi connectivity index (χ0n) is 19.3. The second-order valence-corrected chi connectivity index (χ2v) is 11.5. The maximum atomic E-state index is 3.72. The molecule has 1 aliphatic carbocycles. The van der Waals surface area contributed by atoms with Crippen molar-refractivity contribution < 1.29 is 0 Å². The van der Waals surface area contributed by atoms with E-state index in [1.165, 1.54) is 73.3 Å². The van der Waals surface area contributed by atoms with E-state index in [9.17, 15) is 0 Å². The van der Waals surface area contributed by atoms with Gasteiger partial charge in [0.15, 0.2) is 0 Å². The molecule has 0 atom stereocenters. The van der Waals surface area contributed by atoms with Crippen molar-refractivity contribution in [3.05, 3.63) is 117 Å². The summed E-state index contributed by atoms with van der Waals surface area (Å²) in [4.78, 5) is 0. The Bertz CT molecular complexity index is 2010. The molecule has 8 rings (SSSR count). The summed E-state index contributed by atoms with van der Waals surface area (Å²) in [5.41, 5.74) is 10.3. The Kier molecular flexibility index (Phi) is 4.38. The molecule has 0 unspecified atom stereocenters. The molecule has 0 bridgehead atoms. The van der Waals surface area contributed by atoms with Gasteiger partial charge in [-0.15, -0.1) is 0 Å². The predicted molar refractivity (Wildman–Crippen MR) is 158 cm³/mol. The third-order valence-electron chi connectivity index (χ3n) is 7.69. The second-order valence-electron chi connectivity index (χ2n) is 9.64. The first kappa shape index (κ1) is 20.8. The molecule has 0 aliphatic heterocycles. The van der Waals surface area contributed by atoms with Crippen LogP contribution >= 0.6 is 31.9 Å². The van der Waals surface area contributed by atoms with Gasteiger partial charge in [-0.05, 0) is 72.5 Å². The van der Waals surface area contributed by atoms with Gasteiger partial charge in [0.1, 0.15) is 0 Å². The fourth-order valence-corrected chi connectivity index (χ4v) is 7.31. The minimum atomic E-state index is 1.05. The molecule has 0 spiro atoms. The van der Waals surface area contributed by atoms with Crippen LogP contribution in [0.4, 0.5) is 0 Å². The van der Waals surface area contributed by atoms with Crippen LogP contribution in [-0.2, 0) is 12.8 Å². The predicted octanol–water partition coefficient (Wildman–Crippen LogP) is 9.50. The molecule has 0 N–H and O–H groups in total. The highest BCUT2D eigenvalue weighted by molar-refractivity contribution is 9.11. The van der Waals surface area contributed by atoms with Crippen LogP contribution in [0, 0.1) is 0 Å². The van der Waals surface area contributed by atoms with Crippen LogP contribution in [0.25, 0.3) is 55.0 Å². The number of para-hydroxylation sites is 2. The van der Waals surface area contributed by atoms with E-state index in [2.05, 4.69) is 138 Å². The summed E-state index contributed by atoms with van der Waals surface area (Å²) >= 11 is 7.44. The van der Waals surface area contributed by atoms with Gasteiger partial charge in [0, 0.05) is 41.9 Å². The van der Waals surface area contributed by atoms with E-state index in [1.54, 1.807) is 0 Å². The van der Waals surface area contributed by atoms with Gasteiger partial charge in [-0.2, -0.15) is 0 Å². The quantitative estimate of drug-likeness (QED) is 0.189. The van der Waals surface area contributed by atoms with Crippen LogP contribution in [0.5, 0.6) is 0 Å². The number of benzene rings is 5. The summed E-state index contributed by atoms with van der Waals surface area (Å²) < 4.78 is 6.97. The van der Waals surface area contributed by atoms with Crippen LogP contribution in [0.2, 0.25) is 0 Å². The Hall–Kier alpha value is -3.34. The highest BCUT2D eigenvalue weighted by Gasteiger charge is 2.22. The van der Waals surface area contributed by atoms with Crippen molar-refractivity contribution in [2.24, 2.45) is 0 Å². The van der Waals surface area contributed by atoms with Crippen LogP contribution in [0.15, 0.2) is 106 Å². The van der Waals surface area contributed by atoms with Gasteiger partial charge >= 0.3 is 0 Å².